The van der Waals surface area contributed by atoms with Crippen molar-refractivity contribution in [3.8, 4) is 0 Å². The van der Waals surface area contributed by atoms with Gasteiger partial charge in [0, 0.05) is 17.5 Å². The molecule has 1 aliphatic rings. The summed E-state index contributed by atoms with van der Waals surface area (Å²) in [5.41, 5.74) is 0. The second kappa shape index (κ2) is 8.96. The Labute approximate surface area is 151 Å². The number of hydrogen-bond acceptors (Lipinski definition) is 5. The number of amides is 2. The highest BCUT2D eigenvalue weighted by Crippen LogP contribution is 2.28. The van der Waals surface area contributed by atoms with Crippen molar-refractivity contribution in [3.05, 3.63) is 22.4 Å². The Kier molecular flexibility index (Phi) is 6.95. The van der Waals surface area contributed by atoms with Crippen LogP contribution in [0.4, 0.5) is 0 Å². The van der Waals surface area contributed by atoms with Crippen molar-refractivity contribution in [2.24, 2.45) is 0 Å². The van der Waals surface area contributed by atoms with Crippen molar-refractivity contribution >= 4 is 29.1 Å². The Morgan fingerprint density at radius 1 is 1.36 bits per heavy atom. The first-order valence-corrected chi connectivity index (χ1v) is 9.35. The first-order valence-electron chi connectivity index (χ1n) is 8.47. The first-order chi connectivity index (χ1) is 11.9. The van der Waals surface area contributed by atoms with Crippen LogP contribution in [0.3, 0.4) is 0 Å². The molecule has 2 amide bonds. The van der Waals surface area contributed by atoms with Gasteiger partial charge < -0.3 is 15.3 Å². The standard InChI is InChI=1S/C17H25N3O4S/c1-3-19(10-15(21)18-9-14-5-4-8-25-14)16(22)11-20(13-6-7-13)12(2)17(23)24/h4-5,8,12-13H,3,6-7,9-11H2,1-2H3,(H,18,21)(H,23,24). The number of rotatable bonds is 10. The molecular weight excluding hydrogens is 342 g/mol. The van der Waals surface area contributed by atoms with Crippen molar-refractivity contribution < 1.29 is 19.5 Å². The minimum absolute atomic E-state index is 0.0132. The van der Waals surface area contributed by atoms with Gasteiger partial charge in [0.1, 0.15) is 6.04 Å². The maximum absolute atomic E-state index is 12.5. The van der Waals surface area contributed by atoms with E-state index < -0.39 is 12.0 Å². The lowest BCUT2D eigenvalue weighted by Crippen LogP contribution is -2.49. The van der Waals surface area contributed by atoms with Crippen LogP contribution in [0.2, 0.25) is 0 Å². The maximum Gasteiger partial charge on any atom is 0.320 e. The Hall–Kier alpha value is -1.93. The third-order valence-corrected chi connectivity index (χ3v) is 5.17. The number of nitrogens with one attached hydrogen (secondary N) is 1. The number of carboxylic acids is 1. The molecule has 1 unspecified atom stereocenters. The highest BCUT2D eigenvalue weighted by atomic mass is 32.1. The smallest absolute Gasteiger partial charge is 0.320 e. The maximum atomic E-state index is 12.5. The molecule has 1 aromatic rings. The van der Waals surface area contributed by atoms with Crippen molar-refractivity contribution in [1.29, 1.82) is 0 Å². The van der Waals surface area contributed by atoms with Gasteiger partial charge in [-0.15, -0.1) is 11.3 Å². The van der Waals surface area contributed by atoms with Gasteiger partial charge in [-0.3, -0.25) is 19.3 Å². The van der Waals surface area contributed by atoms with Gasteiger partial charge in [0.25, 0.3) is 0 Å². The zero-order valence-corrected chi connectivity index (χ0v) is 15.4. The van der Waals surface area contributed by atoms with Crippen molar-refractivity contribution in [1.82, 2.24) is 15.1 Å². The Bertz CT molecular complexity index is 601. The van der Waals surface area contributed by atoms with Gasteiger partial charge in [0.2, 0.25) is 11.8 Å². The lowest BCUT2D eigenvalue weighted by Gasteiger charge is -2.28. The number of hydrogen-bond donors (Lipinski definition) is 2. The lowest BCUT2D eigenvalue weighted by atomic mass is 10.2. The molecule has 138 valence electrons. The van der Waals surface area contributed by atoms with Gasteiger partial charge in [0.05, 0.1) is 19.6 Å². The van der Waals surface area contributed by atoms with E-state index in [4.69, 9.17) is 0 Å². The summed E-state index contributed by atoms with van der Waals surface area (Å²) in [6.45, 7) is 4.28. The second-order valence-corrected chi connectivity index (χ2v) is 7.21. The van der Waals surface area contributed by atoms with Gasteiger partial charge in [-0.2, -0.15) is 0 Å². The summed E-state index contributed by atoms with van der Waals surface area (Å²) in [5, 5.41) is 14.0. The zero-order valence-electron chi connectivity index (χ0n) is 14.6. The van der Waals surface area contributed by atoms with Crippen molar-refractivity contribution in [2.75, 3.05) is 19.6 Å². The van der Waals surface area contributed by atoms with E-state index in [2.05, 4.69) is 5.32 Å². The highest BCUT2D eigenvalue weighted by Gasteiger charge is 2.36. The van der Waals surface area contributed by atoms with Gasteiger partial charge in [-0.1, -0.05) is 6.07 Å². The Morgan fingerprint density at radius 2 is 2.08 bits per heavy atom. The van der Waals surface area contributed by atoms with Gasteiger partial charge in [-0.25, -0.2) is 0 Å². The average molecular weight is 367 g/mol. The van der Waals surface area contributed by atoms with Crippen LogP contribution in [0.1, 0.15) is 31.6 Å². The molecule has 1 saturated carbocycles. The molecule has 7 nitrogen and oxygen atoms in total. The summed E-state index contributed by atoms with van der Waals surface area (Å²) in [7, 11) is 0. The first kappa shape index (κ1) is 19.4. The van der Waals surface area contributed by atoms with Crippen LogP contribution in [0.25, 0.3) is 0 Å². The molecule has 0 spiro atoms. The summed E-state index contributed by atoms with van der Waals surface area (Å²) in [4.78, 5) is 40.1. The minimum Gasteiger partial charge on any atom is -0.480 e. The summed E-state index contributed by atoms with van der Waals surface area (Å²) in [6.07, 6.45) is 1.83. The molecule has 0 aliphatic heterocycles. The van der Waals surface area contributed by atoms with Crippen LogP contribution in [0.15, 0.2) is 17.5 Å². The van der Waals surface area contributed by atoms with Gasteiger partial charge >= 0.3 is 5.97 Å². The Morgan fingerprint density at radius 3 is 2.60 bits per heavy atom. The minimum atomic E-state index is -0.934. The normalized spacial score (nSPS) is 15.0. The number of aliphatic carboxylic acids is 1. The monoisotopic (exact) mass is 367 g/mol. The summed E-state index contributed by atoms with van der Waals surface area (Å²) >= 11 is 1.56. The van der Waals surface area contributed by atoms with Crippen LogP contribution in [-0.4, -0.2) is 64.4 Å². The fourth-order valence-electron chi connectivity index (χ4n) is 2.59. The zero-order chi connectivity index (χ0) is 18.4. The number of thiophene rings is 1. The predicted octanol–water partition coefficient (Wildman–Crippen LogP) is 1.15. The molecular formula is C17H25N3O4S. The van der Waals surface area contributed by atoms with E-state index in [0.717, 1.165) is 17.7 Å². The summed E-state index contributed by atoms with van der Waals surface area (Å²) in [5.74, 6) is -1.36. The van der Waals surface area contributed by atoms with Crippen LogP contribution in [0, 0.1) is 0 Å². The molecule has 0 saturated heterocycles. The largest absolute Gasteiger partial charge is 0.480 e. The van der Waals surface area contributed by atoms with E-state index in [1.165, 1.54) is 4.90 Å². The number of carboxylic acid groups (broad SMARTS) is 1. The number of nitrogens with zero attached hydrogens (tertiary/aromatic N) is 2. The van der Waals surface area contributed by atoms with Crippen LogP contribution in [-0.2, 0) is 20.9 Å². The summed E-state index contributed by atoms with van der Waals surface area (Å²) < 4.78 is 0. The number of carbonyl (C=O) groups excluding carboxylic acids is 2. The summed E-state index contributed by atoms with van der Waals surface area (Å²) in [6, 6.07) is 3.31. The quantitative estimate of drug-likeness (QED) is 0.647. The number of carbonyl (C=O) groups is 3. The number of likely N-dealkylation sites (N-methyl/N-ethyl adjacent to an activating group) is 1. The fourth-order valence-corrected chi connectivity index (χ4v) is 3.24. The van der Waals surface area contributed by atoms with Crippen molar-refractivity contribution in [2.45, 2.75) is 45.3 Å². The molecule has 1 aliphatic carbocycles. The molecule has 0 aromatic carbocycles. The fraction of sp³-hybridized carbons (Fsp3) is 0.588. The van der Waals surface area contributed by atoms with E-state index in [-0.39, 0.29) is 30.9 Å². The van der Waals surface area contributed by atoms with Gasteiger partial charge in [0.15, 0.2) is 0 Å². The molecule has 1 fully saturated rings. The SMILES string of the molecule is CCN(CC(=O)NCc1cccs1)C(=O)CN(C1CC1)C(C)C(=O)O. The molecule has 0 radical (unpaired) electrons. The third kappa shape index (κ3) is 5.82. The molecule has 1 atom stereocenters. The molecule has 25 heavy (non-hydrogen) atoms. The average Bonchev–Trinajstić information content (AvgIpc) is 3.29. The lowest BCUT2D eigenvalue weighted by molar-refractivity contribution is -0.145. The molecule has 2 rings (SSSR count). The van der Waals surface area contributed by atoms with E-state index >= 15 is 0 Å². The van der Waals surface area contributed by atoms with Crippen LogP contribution >= 0.6 is 11.3 Å². The molecule has 0 bridgehead atoms. The van der Waals surface area contributed by atoms with Crippen molar-refractivity contribution in [3.63, 3.8) is 0 Å². The van der Waals surface area contributed by atoms with E-state index in [0.29, 0.717) is 13.1 Å². The molecule has 1 heterocycles. The third-order valence-electron chi connectivity index (χ3n) is 4.30. The van der Waals surface area contributed by atoms with Gasteiger partial charge in [-0.05, 0) is 38.1 Å². The van der Waals surface area contributed by atoms with E-state index in [1.54, 1.807) is 23.2 Å². The van der Waals surface area contributed by atoms with E-state index in [9.17, 15) is 19.5 Å². The highest BCUT2D eigenvalue weighted by molar-refractivity contribution is 7.09. The van der Waals surface area contributed by atoms with Crippen LogP contribution in [0.5, 0.6) is 0 Å². The second-order valence-electron chi connectivity index (χ2n) is 6.18. The molecule has 1 aromatic heterocycles. The predicted molar refractivity (Wildman–Crippen MR) is 95.2 cm³/mol. The Balaban J connectivity index is 1.86. The molecule has 2 N–H and O–H groups in total. The van der Waals surface area contributed by atoms with E-state index in [1.807, 2.05) is 24.4 Å². The molecule has 8 heteroatoms. The topological polar surface area (TPSA) is 90.0 Å². The van der Waals surface area contributed by atoms with Crippen LogP contribution < -0.4 is 5.32 Å².